The highest BCUT2D eigenvalue weighted by molar-refractivity contribution is 5.91. The predicted octanol–water partition coefficient (Wildman–Crippen LogP) is 4.87. The highest BCUT2D eigenvalue weighted by Crippen LogP contribution is 2.38. The minimum absolute atomic E-state index is 0.0688. The molecule has 11 nitrogen and oxygen atoms in total. The summed E-state index contributed by atoms with van der Waals surface area (Å²) in [6.45, 7) is 2.37. The first-order valence-corrected chi connectivity index (χ1v) is 16.2. The lowest BCUT2D eigenvalue weighted by molar-refractivity contribution is -0.149. The number of hydrogen-bond donors (Lipinski definition) is 2. The zero-order chi connectivity index (χ0) is 30.8. The van der Waals surface area contributed by atoms with Crippen LogP contribution in [0.25, 0.3) is 10.9 Å². The van der Waals surface area contributed by atoms with Crippen molar-refractivity contribution in [3.8, 4) is 17.4 Å². The lowest BCUT2D eigenvalue weighted by atomic mass is 9.95. The number of nitrogens with zero attached hydrogens (tertiary/aromatic N) is 2. The molecule has 11 heteroatoms. The van der Waals surface area contributed by atoms with Crippen LogP contribution >= 0.6 is 0 Å². The summed E-state index contributed by atoms with van der Waals surface area (Å²) in [6, 6.07) is 3.74. The number of aliphatic carboxylic acids is 1. The van der Waals surface area contributed by atoms with Crippen molar-refractivity contribution in [2.45, 2.75) is 102 Å². The number of rotatable bonds is 5. The van der Waals surface area contributed by atoms with Crippen molar-refractivity contribution < 1.29 is 38.4 Å². The van der Waals surface area contributed by atoms with E-state index < -0.39 is 36.2 Å². The molecule has 0 radical (unpaired) electrons. The van der Waals surface area contributed by atoms with Crippen LogP contribution in [0.1, 0.15) is 76.7 Å². The molecule has 1 aromatic heterocycles. The highest BCUT2D eigenvalue weighted by atomic mass is 16.6. The molecule has 5 atom stereocenters. The van der Waals surface area contributed by atoms with Crippen LogP contribution in [-0.2, 0) is 20.7 Å². The monoisotopic (exact) mass is 609 g/mol. The van der Waals surface area contributed by atoms with Gasteiger partial charge in [0.1, 0.15) is 35.8 Å². The zero-order valence-corrected chi connectivity index (χ0v) is 25.6. The van der Waals surface area contributed by atoms with E-state index >= 15 is 0 Å². The highest BCUT2D eigenvalue weighted by Gasteiger charge is 2.46. The van der Waals surface area contributed by atoms with Gasteiger partial charge in [0.25, 0.3) is 0 Å². The maximum Gasteiger partial charge on any atom is 0.408 e. The molecule has 1 saturated heterocycles. The lowest BCUT2D eigenvalue weighted by Gasteiger charge is -2.31. The molecule has 238 valence electrons. The third kappa shape index (κ3) is 6.23. The van der Waals surface area contributed by atoms with Gasteiger partial charge in [0.05, 0.1) is 25.8 Å². The van der Waals surface area contributed by atoms with E-state index in [1.54, 1.807) is 13.2 Å². The fourth-order valence-electron chi connectivity index (χ4n) is 7.68. The summed E-state index contributed by atoms with van der Waals surface area (Å²) in [6.07, 6.45) is 7.55. The number of hydrogen-bond acceptors (Lipinski definition) is 8. The number of methoxy groups -OCH3 is 1. The molecule has 2 N–H and O–H groups in total. The largest absolute Gasteiger partial charge is 0.496 e. The number of nitrogens with one attached hydrogen (secondary N) is 1. The number of benzene rings is 1. The summed E-state index contributed by atoms with van der Waals surface area (Å²) in [5.74, 6) is 0.314. The van der Waals surface area contributed by atoms with Gasteiger partial charge in [-0.15, -0.1) is 0 Å². The summed E-state index contributed by atoms with van der Waals surface area (Å²) in [7, 11) is 1.64. The quantitative estimate of drug-likeness (QED) is 0.487. The van der Waals surface area contributed by atoms with Crippen molar-refractivity contribution in [2.24, 2.45) is 11.8 Å². The van der Waals surface area contributed by atoms with Crippen LogP contribution in [0.5, 0.6) is 17.4 Å². The van der Waals surface area contributed by atoms with E-state index in [1.807, 2.05) is 19.1 Å². The van der Waals surface area contributed by atoms with E-state index in [0.717, 1.165) is 80.9 Å². The van der Waals surface area contributed by atoms with Crippen LogP contribution in [0, 0.1) is 11.8 Å². The Morgan fingerprint density at radius 1 is 1.05 bits per heavy atom. The number of ether oxygens (including phenoxy) is 4. The second-order valence-corrected chi connectivity index (χ2v) is 12.6. The number of alkyl carbamates (subject to hydrolysis) is 1. The van der Waals surface area contributed by atoms with Crippen molar-refractivity contribution in [2.75, 3.05) is 20.3 Å². The van der Waals surface area contributed by atoms with Crippen LogP contribution < -0.4 is 19.5 Å². The normalized spacial score (nSPS) is 28.1. The van der Waals surface area contributed by atoms with Crippen LogP contribution in [0.4, 0.5) is 4.79 Å². The van der Waals surface area contributed by atoms with E-state index in [9.17, 15) is 19.5 Å². The molecule has 4 aliphatic rings. The molecule has 0 spiro atoms. The van der Waals surface area contributed by atoms with Crippen molar-refractivity contribution in [3.05, 3.63) is 23.8 Å². The van der Waals surface area contributed by atoms with Gasteiger partial charge in [-0.2, -0.15) is 0 Å². The minimum atomic E-state index is -1.10. The van der Waals surface area contributed by atoms with Crippen molar-refractivity contribution in [1.29, 1.82) is 0 Å². The zero-order valence-electron chi connectivity index (χ0n) is 25.6. The second-order valence-electron chi connectivity index (χ2n) is 12.6. The Morgan fingerprint density at radius 2 is 1.82 bits per heavy atom. The van der Waals surface area contributed by atoms with Crippen LogP contribution in [0.3, 0.4) is 0 Å². The molecule has 3 fully saturated rings. The van der Waals surface area contributed by atoms with Crippen LogP contribution in [-0.4, -0.2) is 77.5 Å². The summed E-state index contributed by atoms with van der Waals surface area (Å²) < 4.78 is 24.0. The Morgan fingerprint density at radius 3 is 2.57 bits per heavy atom. The Hall–Kier alpha value is -3.76. The fraction of sp³-hybridized carbons (Fsp3) is 0.636. The average Bonchev–Trinajstić information content (AvgIpc) is 3.77. The molecule has 4 bridgehead atoms. The summed E-state index contributed by atoms with van der Waals surface area (Å²) in [5, 5.41) is 13.9. The Labute approximate surface area is 257 Å². The van der Waals surface area contributed by atoms with Gasteiger partial charge in [-0.3, -0.25) is 4.79 Å². The van der Waals surface area contributed by atoms with Crippen molar-refractivity contribution in [1.82, 2.24) is 15.2 Å². The maximum absolute atomic E-state index is 14.1. The van der Waals surface area contributed by atoms with Gasteiger partial charge >= 0.3 is 12.1 Å². The molecule has 2 amide bonds. The smallest absolute Gasteiger partial charge is 0.408 e. The van der Waals surface area contributed by atoms with Gasteiger partial charge < -0.3 is 34.3 Å². The molecule has 6 rings (SSSR count). The number of fused-ring (bicyclic) bond motifs is 4. The average molecular weight is 610 g/mol. The van der Waals surface area contributed by atoms with Gasteiger partial charge in [0.2, 0.25) is 11.8 Å². The number of carboxylic acids is 1. The molecule has 2 aliphatic heterocycles. The summed E-state index contributed by atoms with van der Waals surface area (Å²) in [4.78, 5) is 45.9. The van der Waals surface area contributed by atoms with Gasteiger partial charge in [-0.05, 0) is 81.8 Å². The number of pyridine rings is 1. The van der Waals surface area contributed by atoms with Gasteiger partial charge in [0.15, 0.2) is 0 Å². The molecular weight excluding hydrogens is 566 g/mol. The van der Waals surface area contributed by atoms with Crippen LogP contribution in [0.15, 0.2) is 18.2 Å². The molecule has 2 saturated carbocycles. The number of carbonyl (C=O) groups excluding carboxylic acids is 2. The molecule has 2 aromatic rings. The molecule has 1 aromatic carbocycles. The number of aromatic nitrogens is 1. The van der Waals surface area contributed by atoms with Gasteiger partial charge in [0, 0.05) is 23.9 Å². The first kappa shape index (κ1) is 30.3. The van der Waals surface area contributed by atoms with E-state index in [0.29, 0.717) is 23.8 Å². The fourth-order valence-corrected chi connectivity index (χ4v) is 7.68. The first-order chi connectivity index (χ1) is 21.3. The Kier molecular flexibility index (Phi) is 9.00. The predicted molar refractivity (Wildman–Crippen MR) is 161 cm³/mol. The third-order valence-corrected chi connectivity index (χ3v) is 9.85. The Balaban J connectivity index is 1.40. The molecular formula is C33H43N3O8. The number of carboxylic acid groups (broad SMARTS) is 1. The SMILES string of the molecule is CCOc1cc2c3cc(c(OC)cc3n1)CCC[C@@H]1CCC[C@H]1OC(=O)N[C@@H](C1CCCC1)C(=O)N1C[C@@H](C[C@H]1C(=O)O)O2. The lowest BCUT2D eigenvalue weighted by Crippen LogP contribution is -2.55. The number of carbonyl (C=O) groups is 3. The molecule has 2 aliphatic carbocycles. The minimum Gasteiger partial charge on any atom is -0.496 e. The topological polar surface area (TPSA) is 137 Å². The van der Waals surface area contributed by atoms with E-state index in [-0.39, 0.29) is 30.9 Å². The second kappa shape index (κ2) is 13.1. The third-order valence-electron chi connectivity index (χ3n) is 9.85. The van der Waals surface area contributed by atoms with Gasteiger partial charge in [-0.1, -0.05) is 12.8 Å². The molecule has 0 unspecified atom stereocenters. The van der Waals surface area contributed by atoms with E-state index in [4.69, 9.17) is 18.9 Å². The molecule has 3 heterocycles. The number of aryl methyl sites for hydroxylation is 1. The summed E-state index contributed by atoms with van der Waals surface area (Å²) in [5.41, 5.74) is 1.66. The van der Waals surface area contributed by atoms with E-state index in [2.05, 4.69) is 10.3 Å². The Bertz CT molecular complexity index is 1390. The maximum atomic E-state index is 14.1. The summed E-state index contributed by atoms with van der Waals surface area (Å²) >= 11 is 0. The van der Waals surface area contributed by atoms with E-state index in [1.165, 1.54) is 4.90 Å². The van der Waals surface area contributed by atoms with Crippen LogP contribution in [0.2, 0.25) is 0 Å². The number of amides is 2. The van der Waals surface area contributed by atoms with Crippen molar-refractivity contribution >= 4 is 28.9 Å². The van der Waals surface area contributed by atoms with Crippen molar-refractivity contribution in [3.63, 3.8) is 0 Å². The van der Waals surface area contributed by atoms with Gasteiger partial charge in [-0.25, -0.2) is 14.6 Å². The molecule has 44 heavy (non-hydrogen) atoms. The standard InChI is InChI=1S/C33H43N3O8/c1-3-42-29-17-28-23-14-21(27(41-2)16-24(23)34-29)12-6-10-19-11-7-13-26(19)44-33(40)35-30(20-8-4-5-9-20)31(37)36-18-22(43-28)15-25(36)32(38)39/h14,16-17,19-20,22,25-26,30H,3-13,15,18H2,1-2H3,(H,35,40)(H,38,39)/t19-,22-,25+,26-,30+/m1/s1. The first-order valence-electron chi connectivity index (χ1n) is 16.2.